The molecule has 0 amide bonds. The summed E-state index contributed by atoms with van der Waals surface area (Å²) in [6.45, 7) is 2.20. The van der Waals surface area contributed by atoms with Gasteiger partial charge in [0.1, 0.15) is 0 Å². The molecule has 1 N–H and O–H groups in total. The summed E-state index contributed by atoms with van der Waals surface area (Å²) in [4.78, 5) is 0. The standard InChI is InChI=1S/C15H22Cl2O/c1-2-3-4-5-6-8-12(18)11-13-14(16)9-7-10-15(13)17/h7,9-10,12,18H,2-6,8,11H2,1H3. The van der Waals surface area contributed by atoms with E-state index in [0.29, 0.717) is 16.5 Å². The number of rotatable bonds is 8. The number of benzene rings is 1. The first kappa shape index (κ1) is 15.8. The first-order chi connectivity index (χ1) is 8.65. The van der Waals surface area contributed by atoms with Gasteiger partial charge < -0.3 is 5.11 Å². The lowest BCUT2D eigenvalue weighted by Crippen LogP contribution is -2.11. The number of hydrogen-bond donors (Lipinski definition) is 1. The lowest BCUT2D eigenvalue weighted by Gasteiger charge is -2.13. The molecule has 0 heterocycles. The van der Waals surface area contributed by atoms with Crippen molar-refractivity contribution in [3.05, 3.63) is 33.8 Å². The average Bonchev–Trinajstić information content (AvgIpc) is 2.34. The van der Waals surface area contributed by atoms with Gasteiger partial charge in [0.05, 0.1) is 6.10 Å². The van der Waals surface area contributed by atoms with Gasteiger partial charge in [-0.05, 0) is 24.1 Å². The Bertz CT molecular complexity index is 332. The van der Waals surface area contributed by atoms with Crippen LogP contribution < -0.4 is 0 Å². The zero-order chi connectivity index (χ0) is 13.4. The van der Waals surface area contributed by atoms with Gasteiger partial charge in [-0.15, -0.1) is 0 Å². The molecule has 102 valence electrons. The molecule has 0 saturated heterocycles. The molecule has 0 saturated carbocycles. The predicted octanol–water partition coefficient (Wildman–Crippen LogP) is 5.26. The number of aliphatic hydroxyl groups excluding tert-OH is 1. The molecule has 0 radical (unpaired) electrons. The van der Waals surface area contributed by atoms with E-state index in [1.807, 2.05) is 18.2 Å². The van der Waals surface area contributed by atoms with Crippen LogP contribution in [0.4, 0.5) is 0 Å². The molecule has 0 aromatic heterocycles. The van der Waals surface area contributed by atoms with E-state index in [0.717, 1.165) is 18.4 Å². The minimum atomic E-state index is -0.343. The Morgan fingerprint density at radius 1 is 1.06 bits per heavy atom. The molecule has 0 spiro atoms. The van der Waals surface area contributed by atoms with Crippen LogP contribution in [0.2, 0.25) is 10.0 Å². The van der Waals surface area contributed by atoms with Crippen molar-refractivity contribution in [2.24, 2.45) is 0 Å². The largest absolute Gasteiger partial charge is 0.393 e. The maximum Gasteiger partial charge on any atom is 0.0581 e. The van der Waals surface area contributed by atoms with Crippen LogP contribution in [0.3, 0.4) is 0 Å². The topological polar surface area (TPSA) is 20.2 Å². The zero-order valence-electron chi connectivity index (χ0n) is 11.0. The van der Waals surface area contributed by atoms with Crippen molar-refractivity contribution in [1.29, 1.82) is 0 Å². The van der Waals surface area contributed by atoms with E-state index in [9.17, 15) is 5.11 Å². The van der Waals surface area contributed by atoms with Crippen LogP contribution >= 0.6 is 23.2 Å². The number of hydrogen-bond acceptors (Lipinski definition) is 1. The third-order valence-electron chi connectivity index (χ3n) is 3.14. The molecule has 3 heteroatoms. The molecule has 18 heavy (non-hydrogen) atoms. The van der Waals surface area contributed by atoms with Crippen LogP contribution in [0.25, 0.3) is 0 Å². The summed E-state index contributed by atoms with van der Waals surface area (Å²) in [5, 5.41) is 11.3. The molecule has 0 bridgehead atoms. The van der Waals surface area contributed by atoms with Crippen molar-refractivity contribution < 1.29 is 5.11 Å². The Balaban J connectivity index is 2.33. The van der Waals surface area contributed by atoms with Gasteiger partial charge in [0.2, 0.25) is 0 Å². The van der Waals surface area contributed by atoms with E-state index < -0.39 is 0 Å². The molecule has 0 aliphatic rings. The van der Waals surface area contributed by atoms with Gasteiger partial charge in [-0.25, -0.2) is 0 Å². The Labute approximate surface area is 120 Å². The van der Waals surface area contributed by atoms with Crippen LogP contribution in [0.5, 0.6) is 0 Å². The molecular formula is C15H22Cl2O. The highest BCUT2D eigenvalue weighted by Crippen LogP contribution is 2.26. The van der Waals surface area contributed by atoms with Gasteiger partial charge in [-0.2, -0.15) is 0 Å². The lowest BCUT2D eigenvalue weighted by atomic mass is 10.0. The second kappa shape index (κ2) is 8.79. The first-order valence-electron chi connectivity index (χ1n) is 6.76. The fourth-order valence-electron chi connectivity index (χ4n) is 2.05. The molecule has 0 aliphatic carbocycles. The second-order valence-corrected chi connectivity index (χ2v) is 5.58. The minimum absolute atomic E-state index is 0.343. The van der Waals surface area contributed by atoms with Crippen molar-refractivity contribution in [3.63, 3.8) is 0 Å². The van der Waals surface area contributed by atoms with Crippen molar-refractivity contribution >= 4 is 23.2 Å². The van der Waals surface area contributed by atoms with Crippen molar-refractivity contribution in [2.45, 2.75) is 58.0 Å². The van der Waals surface area contributed by atoms with Crippen LogP contribution in [-0.2, 0) is 6.42 Å². The van der Waals surface area contributed by atoms with E-state index in [4.69, 9.17) is 23.2 Å². The van der Waals surface area contributed by atoms with E-state index in [-0.39, 0.29) is 6.10 Å². The van der Waals surface area contributed by atoms with Gasteiger partial charge in [-0.1, -0.05) is 68.3 Å². The summed E-state index contributed by atoms with van der Waals surface area (Å²) in [6, 6.07) is 5.46. The maximum atomic E-state index is 9.99. The van der Waals surface area contributed by atoms with Crippen LogP contribution in [0.15, 0.2) is 18.2 Å². The summed E-state index contributed by atoms with van der Waals surface area (Å²) in [5.74, 6) is 0. The van der Waals surface area contributed by atoms with E-state index in [1.54, 1.807) is 0 Å². The van der Waals surface area contributed by atoms with Gasteiger partial charge in [-0.3, -0.25) is 0 Å². The highest BCUT2D eigenvalue weighted by molar-refractivity contribution is 6.35. The highest BCUT2D eigenvalue weighted by Gasteiger charge is 2.11. The van der Waals surface area contributed by atoms with Crippen LogP contribution in [-0.4, -0.2) is 11.2 Å². The molecule has 1 unspecified atom stereocenters. The summed E-state index contributed by atoms with van der Waals surface area (Å²) in [7, 11) is 0. The Morgan fingerprint density at radius 3 is 2.28 bits per heavy atom. The third kappa shape index (κ3) is 5.60. The zero-order valence-corrected chi connectivity index (χ0v) is 12.5. The number of halogens is 2. The molecule has 1 rings (SSSR count). The second-order valence-electron chi connectivity index (χ2n) is 4.76. The Kier molecular flexibility index (Phi) is 7.73. The number of unbranched alkanes of at least 4 members (excludes halogenated alkanes) is 4. The molecular weight excluding hydrogens is 267 g/mol. The Hall–Kier alpha value is -0.240. The highest BCUT2D eigenvalue weighted by atomic mass is 35.5. The van der Waals surface area contributed by atoms with E-state index in [2.05, 4.69) is 6.92 Å². The fourth-order valence-corrected chi connectivity index (χ4v) is 2.60. The molecule has 1 aromatic carbocycles. The summed E-state index contributed by atoms with van der Waals surface area (Å²) >= 11 is 12.2. The predicted molar refractivity (Wildman–Crippen MR) is 79.5 cm³/mol. The first-order valence-corrected chi connectivity index (χ1v) is 7.51. The normalized spacial score (nSPS) is 12.7. The monoisotopic (exact) mass is 288 g/mol. The van der Waals surface area contributed by atoms with Gasteiger partial charge in [0, 0.05) is 16.5 Å². The molecule has 0 fully saturated rings. The molecule has 1 nitrogen and oxygen atoms in total. The lowest BCUT2D eigenvalue weighted by molar-refractivity contribution is 0.161. The smallest absolute Gasteiger partial charge is 0.0581 e. The minimum Gasteiger partial charge on any atom is -0.393 e. The average molecular weight is 289 g/mol. The van der Waals surface area contributed by atoms with E-state index >= 15 is 0 Å². The molecule has 1 atom stereocenters. The van der Waals surface area contributed by atoms with E-state index in [1.165, 1.54) is 25.7 Å². The quantitative estimate of drug-likeness (QED) is 0.647. The summed E-state index contributed by atoms with van der Waals surface area (Å²) in [6.07, 6.45) is 7.09. The molecule has 0 aliphatic heterocycles. The Morgan fingerprint density at radius 2 is 1.67 bits per heavy atom. The van der Waals surface area contributed by atoms with Crippen molar-refractivity contribution in [1.82, 2.24) is 0 Å². The number of aliphatic hydroxyl groups is 1. The maximum absolute atomic E-state index is 9.99. The summed E-state index contributed by atoms with van der Waals surface area (Å²) < 4.78 is 0. The third-order valence-corrected chi connectivity index (χ3v) is 3.85. The van der Waals surface area contributed by atoms with Gasteiger partial charge >= 0.3 is 0 Å². The molecule has 1 aromatic rings. The van der Waals surface area contributed by atoms with Crippen LogP contribution in [0, 0.1) is 0 Å². The summed E-state index contributed by atoms with van der Waals surface area (Å²) in [5.41, 5.74) is 0.863. The van der Waals surface area contributed by atoms with Gasteiger partial charge in [0.25, 0.3) is 0 Å². The fraction of sp³-hybridized carbons (Fsp3) is 0.600. The van der Waals surface area contributed by atoms with Crippen LogP contribution in [0.1, 0.15) is 51.0 Å². The van der Waals surface area contributed by atoms with Gasteiger partial charge in [0.15, 0.2) is 0 Å². The van der Waals surface area contributed by atoms with Crippen molar-refractivity contribution in [3.8, 4) is 0 Å². The SMILES string of the molecule is CCCCCCCC(O)Cc1c(Cl)cccc1Cl. The van der Waals surface area contributed by atoms with Crippen molar-refractivity contribution in [2.75, 3.05) is 0 Å².